The summed E-state index contributed by atoms with van der Waals surface area (Å²) < 4.78 is 33.4. The summed E-state index contributed by atoms with van der Waals surface area (Å²) in [7, 11) is -0.322. The van der Waals surface area contributed by atoms with E-state index in [9.17, 15) is 8.42 Å². The van der Waals surface area contributed by atoms with Crippen LogP contribution in [0.25, 0.3) is 0 Å². The molecule has 1 fully saturated rings. The monoisotopic (exact) mass is 332 g/mol. The molecule has 0 aromatic heterocycles. The molecule has 8 heteroatoms. The molecule has 1 rings (SSSR count). The molecule has 0 spiro atoms. The third-order valence-electron chi connectivity index (χ3n) is 4.32. The number of rotatable bonds is 7. The third-order valence-corrected chi connectivity index (χ3v) is 6.36. The van der Waals surface area contributed by atoms with E-state index >= 15 is 0 Å². The van der Waals surface area contributed by atoms with Gasteiger partial charge >= 0.3 is 0 Å². The van der Waals surface area contributed by atoms with Gasteiger partial charge in [0.1, 0.15) is 0 Å². The Balaban J connectivity index is 2.80. The number of piperazine rings is 1. The zero-order valence-corrected chi connectivity index (χ0v) is 15.0. The Morgan fingerprint density at radius 3 is 2.36 bits per heavy atom. The summed E-state index contributed by atoms with van der Waals surface area (Å²) in [6.45, 7) is 8.18. The van der Waals surface area contributed by atoms with Crippen molar-refractivity contribution < 1.29 is 13.2 Å². The highest BCUT2D eigenvalue weighted by Gasteiger charge is 2.38. The Kier molecular flexibility index (Phi) is 7.22. The van der Waals surface area contributed by atoms with Crippen molar-refractivity contribution in [3.63, 3.8) is 0 Å². The molecule has 128 valence electrons. The van der Waals surface area contributed by atoms with Crippen molar-refractivity contribution in [1.29, 1.82) is 5.26 Å². The molecule has 3 atom stereocenters. The van der Waals surface area contributed by atoms with Crippen molar-refractivity contribution in [2.24, 2.45) is 0 Å². The van der Waals surface area contributed by atoms with Gasteiger partial charge in [-0.2, -0.15) is 22.3 Å². The molecule has 0 bridgehead atoms. The number of hydrogen-bond donors (Lipinski definition) is 0. The van der Waals surface area contributed by atoms with Gasteiger partial charge in [-0.3, -0.25) is 4.90 Å². The van der Waals surface area contributed by atoms with E-state index in [-0.39, 0.29) is 24.5 Å². The summed E-state index contributed by atoms with van der Waals surface area (Å²) >= 11 is 0. The maximum absolute atomic E-state index is 12.7. The summed E-state index contributed by atoms with van der Waals surface area (Å²) in [6.07, 6.45) is 0.189. The highest BCUT2D eigenvalue weighted by Crippen LogP contribution is 2.21. The predicted molar refractivity (Wildman–Crippen MR) is 85.5 cm³/mol. The first-order valence-corrected chi connectivity index (χ1v) is 9.00. The van der Waals surface area contributed by atoms with Gasteiger partial charge in [0.2, 0.25) is 0 Å². The van der Waals surface area contributed by atoms with Gasteiger partial charge in [0.05, 0.1) is 19.1 Å². The van der Waals surface area contributed by atoms with Crippen LogP contribution < -0.4 is 0 Å². The lowest BCUT2D eigenvalue weighted by molar-refractivity contribution is 0.0474. The highest BCUT2D eigenvalue weighted by molar-refractivity contribution is 7.86. The minimum absolute atomic E-state index is 0.133. The molecule has 0 aromatic rings. The van der Waals surface area contributed by atoms with Crippen LogP contribution in [-0.4, -0.2) is 80.5 Å². The lowest BCUT2D eigenvalue weighted by Gasteiger charge is -2.44. The van der Waals surface area contributed by atoms with E-state index in [0.717, 1.165) is 6.54 Å². The molecule has 0 saturated carbocycles. The Labute approximate surface area is 134 Å². The predicted octanol–water partition coefficient (Wildman–Crippen LogP) is 0.506. The molecule has 22 heavy (non-hydrogen) atoms. The smallest absolute Gasteiger partial charge is 0.282 e. The molecule has 1 heterocycles. The van der Waals surface area contributed by atoms with Gasteiger partial charge in [-0.25, -0.2) is 0 Å². The van der Waals surface area contributed by atoms with Crippen LogP contribution in [0.5, 0.6) is 0 Å². The fourth-order valence-corrected chi connectivity index (χ4v) is 4.51. The van der Waals surface area contributed by atoms with E-state index in [0.29, 0.717) is 19.7 Å². The van der Waals surface area contributed by atoms with Gasteiger partial charge in [-0.1, -0.05) is 0 Å². The summed E-state index contributed by atoms with van der Waals surface area (Å²) in [5, 5.41) is 8.76. The molecule has 3 unspecified atom stereocenters. The molecule has 0 aromatic carbocycles. The van der Waals surface area contributed by atoms with E-state index in [1.807, 2.05) is 19.9 Å². The summed E-state index contributed by atoms with van der Waals surface area (Å²) in [5.41, 5.74) is 0. The average Bonchev–Trinajstić information content (AvgIpc) is 2.45. The lowest BCUT2D eigenvalue weighted by Crippen LogP contribution is -2.60. The molecule has 7 nitrogen and oxygen atoms in total. The number of nitrogens with zero attached hydrogens (tertiary/aromatic N) is 4. The first-order chi connectivity index (χ1) is 10.3. The van der Waals surface area contributed by atoms with Crippen LogP contribution in [0, 0.1) is 11.3 Å². The van der Waals surface area contributed by atoms with Crippen LogP contribution in [0.1, 0.15) is 27.2 Å². The molecule has 1 aliphatic rings. The Morgan fingerprint density at radius 1 is 1.36 bits per heavy atom. The molecule has 0 aliphatic carbocycles. The van der Waals surface area contributed by atoms with Gasteiger partial charge in [-0.05, 0) is 20.8 Å². The van der Waals surface area contributed by atoms with E-state index in [2.05, 4.69) is 4.90 Å². The highest BCUT2D eigenvalue weighted by atomic mass is 32.2. The summed E-state index contributed by atoms with van der Waals surface area (Å²) in [5.74, 6) is 0. The van der Waals surface area contributed by atoms with Crippen LogP contribution in [-0.2, 0) is 14.9 Å². The molecular formula is C14H28N4O3S. The number of ether oxygens (including phenoxy) is 1. The van der Waals surface area contributed by atoms with Crippen molar-refractivity contribution in [2.45, 2.75) is 45.3 Å². The Hall–Kier alpha value is -0.720. The summed E-state index contributed by atoms with van der Waals surface area (Å²) in [4.78, 5) is 2.27. The molecular weight excluding hydrogens is 304 g/mol. The van der Waals surface area contributed by atoms with Crippen LogP contribution in [0.15, 0.2) is 0 Å². The van der Waals surface area contributed by atoms with Crippen molar-refractivity contribution in [3.8, 4) is 6.07 Å². The Morgan fingerprint density at radius 2 is 1.91 bits per heavy atom. The number of nitriles is 1. The Bertz CT molecular complexity index is 479. The fraction of sp³-hybridized carbons (Fsp3) is 0.929. The van der Waals surface area contributed by atoms with Gasteiger partial charge in [0.15, 0.2) is 0 Å². The van der Waals surface area contributed by atoms with E-state index < -0.39 is 10.2 Å². The van der Waals surface area contributed by atoms with Crippen molar-refractivity contribution in [1.82, 2.24) is 13.5 Å². The fourth-order valence-electron chi connectivity index (χ4n) is 2.80. The van der Waals surface area contributed by atoms with Gasteiger partial charge in [0.25, 0.3) is 10.2 Å². The normalized spacial score (nSPS) is 26.0. The van der Waals surface area contributed by atoms with Crippen molar-refractivity contribution in [3.05, 3.63) is 0 Å². The number of hydrogen-bond acceptors (Lipinski definition) is 5. The standard InChI is InChI=1S/C14H28N4O3S/c1-12(6-7-15)16(4)22(19,20)17-10-13(2)18(8-9-21-5)14(3)11-17/h12-14H,6,8-11H2,1-5H3. The zero-order chi connectivity index (χ0) is 16.9. The average molecular weight is 332 g/mol. The molecule has 1 saturated heterocycles. The lowest BCUT2D eigenvalue weighted by atomic mass is 10.1. The van der Waals surface area contributed by atoms with Crippen LogP contribution >= 0.6 is 0 Å². The third kappa shape index (κ3) is 4.40. The van der Waals surface area contributed by atoms with Crippen LogP contribution in [0.2, 0.25) is 0 Å². The van der Waals surface area contributed by atoms with Crippen molar-refractivity contribution in [2.75, 3.05) is 40.4 Å². The van der Waals surface area contributed by atoms with E-state index in [4.69, 9.17) is 10.00 Å². The zero-order valence-electron chi connectivity index (χ0n) is 14.2. The van der Waals surface area contributed by atoms with Gasteiger partial charge in [-0.15, -0.1) is 0 Å². The van der Waals surface area contributed by atoms with Crippen molar-refractivity contribution >= 4 is 10.2 Å². The second-order valence-corrected chi connectivity index (χ2v) is 7.97. The van der Waals surface area contributed by atoms with Gasteiger partial charge < -0.3 is 4.74 Å². The quantitative estimate of drug-likeness (QED) is 0.679. The first-order valence-electron chi connectivity index (χ1n) is 7.60. The second kappa shape index (κ2) is 8.22. The first kappa shape index (κ1) is 19.3. The minimum Gasteiger partial charge on any atom is -0.383 e. The maximum Gasteiger partial charge on any atom is 0.282 e. The molecule has 0 radical (unpaired) electrons. The number of methoxy groups -OCH3 is 1. The molecule has 0 amide bonds. The van der Waals surface area contributed by atoms with E-state index in [1.54, 1.807) is 21.1 Å². The van der Waals surface area contributed by atoms with E-state index in [1.165, 1.54) is 8.61 Å². The summed E-state index contributed by atoms with van der Waals surface area (Å²) in [6, 6.07) is 1.96. The second-order valence-electron chi connectivity index (χ2n) is 5.98. The van der Waals surface area contributed by atoms with Crippen LogP contribution in [0.3, 0.4) is 0 Å². The van der Waals surface area contributed by atoms with Crippen LogP contribution in [0.4, 0.5) is 0 Å². The maximum atomic E-state index is 12.7. The topological polar surface area (TPSA) is 76.9 Å². The molecule has 1 aliphatic heterocycles. The van der Waals surface area contributed by atoms with Gasteiger partial charge in [0, 0.05) is 51.9 Å². The SMILES string of the molecule is COCCN1C(C)CN(S(=O)(=O)N(C)C(C)CC#N)CC1C. The molecule has 0 N–H and O–H groups in total. The minimum atomic E-state index is -3.54. The largest absolute Gasteiger partial charge is 0.383 e.